The first-order chi connectivity index (χ1) is 5.00. The maximum Gasteiger partial charge on any atom is 0.317 e. The smallest absolute Gasteiger partial charge is 0.317 e. The van der Waals surface area contributed by atoms with Gasteiger partial charge in [-0.1, -0.05) is 13.8 Å². The number of halogens is 1. The molecule has 1 unspecified atom stereocenters. The lowest BCUT2D eigenvalue weighted by Gasteiger charge is -2.12. The fraction of sp³-hybridized carbons (Fsp3) is 0.714. The van der Waals surface area contributed by atoms with Crippen LogP contribution in [0.4, 0.5) is 0 Å². The van der Waals surface area contributed by atoms with Crippen LogP contribution < -0.4 is 0 Å². The zero-order valence-electron chi connectivity index (χ0n) is 6.76. The molecule has 0 aromatic heterocycles. The van der Waals surface area contributed by atoms with Gasteiger partial charge in [-0.2, -0.15) is 0 Å². The minimum absolute atomic E-state index is 0.118. The van der Waals surface area contributed by atoms with Crippen molar-refractivity contribution < 1.29 is 14.3 Å². The van der Waals surface area contributed by atoms with E-state index in [1.807, 2.05) is 0 Å². The van der Waals surface area contributed by atoms with Crippen molar-refractivity contribution in [3.8, 4) is 0 Å². The first-order valence-electron chi connectivity index (χ1n) is 3.27. The van der Waals surface area contributed by atoms with Gasteiger partial charge in [-0.15, -0.1) is 0 Å². The molecular weight excluding hydrogens is 168 g/mol. The van der Waals surface area contributed by atoms with E-state index in [1.165, 1.54) is 7.11 Å². The van der Waals surface area contributed by atoms with Gasteiger partial charge in [0.25, 0.3) is 0 Å². The molecule has 64 valence electrons. The van der Waals surface area contributed by atoms with Gasteiger partial charge in [-0.05, 0) is 17.5 Å². The highest BCUT2D eigenvalue weighted by Gasteiger charge is 2.28. The third-order valence-electron chi connectivity index (χ3n) is 1.37. The summed E-state index contributed by atoms with van der Waals surface area (Å²) in [5.41, 5.74) is 0. The summed E-state index contributed by atoms with van der Waals surface area (Å²) in [6, 6.07) is 0. The Hall–Kier alpha value is -0.570. The molecule has 0 aromatic rings. The van der Waals surface area contributed by atoms with Crippen LogP contribution in [0.1, 0.15) is 13.8 Å². The Labute approximate surface area is 70.7 Å². The van der Waals surface area contributed by atoms with Gasteiger partial charge in [0.1, 0.15) is 5.92 Å². The average molecular weight is 179 g/mol. The lowest BCUT2D eigenvalue weighted by atomic mass is 9.98. The molecule has 4 heteroatoms. The van der Waals surface area contributed by atoms with E-state index in [0.29, 0.717) is 0 Å². The predicted molar refractivity (Wildman–Crippen MR) is 41.2 cm³/mol. The Balaban J connectivity index is 4.34. The highest BCUT2D eigenvalue weighted by atomic mass is 35.5. The standard InChI is InChI=1S/C7H11ClO3/c1-4(2)5(6(8)9)7(10)11-3/h4-5H,1-3H3. The molecule has 0 aliphatic heterocycles. The summed E-state index contributed by atoms with van der Waals surface area (Å²) in [6.07, 6.45) is 0. The van der Waals surface area contributed by atoms with Crippen LogP contribution in [0.15, 0.2) is 0 Å². The minimum Gasteiger partial charge on any atom is -0.468 e. The van der Waals surface area contributed by atoms with Gasteiger partial charge >= 0.3 is 5.97 Å². The molecule has 0 heterocycles. The van der Waals surface area contributed by atoms with Gasteiger partial charge in [0.15, 0.2) is 0 Å². The van der Waals surface area contributed by atoms with E-state index in [2.05, 4.69) is 4.74 Å². The fourth-order valence-electron chi connectivity index (χ4n) is 0.754. The lowest BCUT2D eigenvalue weighted by molar-refractivity contribution is -0.149. The van der Waals surface area contributed by atoms with Crippen molar-refractivity contribution in [3.63, 3.8) is 0 Å². The number of ether oxygens (including phenoxy) is 1. The van der Waals surface area contributed by atoms with Gasteiger partial charge in [0.2, 0.25) is 5.24 Å². The maximum absolute atomic E-state index is 10.9. The highest BCUT2D eigenvalue weighted by Crippen LogP contribution is 2.15. The quantitative estimate of drug-likeness (QED) is 0.371. The first-order valence-corrected chi connectivity index (χ1v) is 3.65. The van der Waals surface area contributed by atoms with E-state index >= 15 is 0 Å². The van der Waals surface area contributed by atoms with Crippen molar-refractivity contribution in [1.82, 2.24) is 0 Å². The Morgan fingerprint density at radius 2 is 1.82 bits per heavy atom. The van der Waals surface area contributed by atoms with E-state index < -0.39 is 17.1 Å². The molecule has 11 heavy (non-hydrogen) atoms. The Kier molecular flexibility index (Phi) is 4.11. The molecule has 0 amide bonds. The molecule has 0 bridgehead atoms. The number of hydrogen-bond acceptors (Lipinski definition) is 3. The average Bonchev–Trinajstić information content (AvgIpc) is 1.85. The number of esters is 1. The highest BCUT2D eigenvalue weighted by molar-refractivity contribution is 6.65. The monoisotopic (exact) mass is 178 g/mol. The zero-order valence-corrected chi connectivity index (χ0v) is 7.51. The topological polar surface area (TPSA) is 43.4 Å². The predicted octanol–water partition coefficient (Wildman–Crippen LogP) is 1.20. The molecule has 0 radical (unpaired) electrons. The molecule has 0 spiro atoms. The minimum atomic E-state index is -0.832. The summed E-state index contributed by atoms with van der Waals surface area (Å²) in [6.45, 7) is 3.48. The Bertz CT molecular complexity index is 165. The SMILES string of the molecule is COC(=O)C(C(=O)Cl)C(C)C. The van der Waals surface area contributed by atoms with Crippen molar-refractivity contribution in [2.75, 3.05) is 7.11 Å². The van der Waals surface area contributed by atoms with Crippen molar-refractivity contribution in [3.05, 3.63) is 0 Å². The molecule has 0 aliphatic rings. The maximum atomic E-state index is 10.9. The molecule has 0 aromatic carbocycles. The van der Waals surface area contributed by atoms with Gasteiger partial charge in [0.05, 0.1) is 7.11 Å². The summed E-state index contributed by atoms with van der Waals surface area (Å²) >= 11 is 5.17. The summed E-state index contributed by atoms with van der Waals surface area (Å²) < 4.78 is 4.39. The number of rotatable bonds is 3. The molecule has 1 atom stereocenters. The van der Waals surface area contributed by atoms with Crippen molar-refractivity contribution in [1.29, 1.82) is 0 Å². The van der Waals surface area contributed by atoms with Gasteiger partial charge in [-0.25, -0.2) is 0 Å². The Morgan fingerprint density at radius 3 is 1.91 bits per heavy atom. The van der Waals surface area contributed by atoms with E-state index in [0.717, 1.165) is 0 Å². The summed E-state index contributed by atoms with van der Waals surface area (Å²) in [5.74, 6) is -1.52. The second-order valence-corrected chi connectivity index (χ2v) is 2.92. The molecule has 0 aliphatic carbocycles. The van der Waals surface area contributed by atoms with E-state index in [-0.39, 0.29) is 5.92 Å². The second-order valence-electron chi connectivity index (χ2n) is 2.55. The number of hydrogen-bond donors (Lipinski definition) is 0. The molecule has 0 saturated carbocycles. The zero-order chi connectivity index (χ0) is 9.02. The van der Waals surface area contributed by atoms with Gasteiger partial charge in [-0.3, -0.25) is 9.59 Å². The van der Waals surface area contributed by atoms with E-state index in [9.17, 15) is 9.59 Å². The van der Waals surface area contributed by atoms with Crippen molar-refractivity contribution >= 4 is 22.8 Å². The Morgan fingerprint density at radius 1 is 1.36 bits per heavy atom. The van der Waals surface area contributed by atoms with Crippen LogP contribution in [-0.4, -0.2) is 18.3 Å². The molecule has 0 fully saturated rings. The van der Waals surface area contributed by atoms with Crippen LogP contribution in [0.2, 0.25) is 0 Å². The third-order valence-corrected chi connectivity index (χ3v) is 1.60. The molecule has 0 N–H and O–H groups in total. The number of carbonyl (C=O) groups is 2. The number of methoxy groups -OCH3 is 1. The van der Waals surface area contributed by atoms with E-state index in [1.54, 1.807) is 13.8 Å². The third kappa shape index (κ3) is 2.89. The normalized spacial score (nSPS) is 12.8. The van der Waals surface area contributed by atoms with Crippen LogP contribution in [0.25, 0.3) is 0 Å². The summed E-state index contributed by atoms with van der Waals surface area (Å²) in [5, 5.41) is -0.660. The first kappa shape index (κ1) is 10.4. The summed E-state index contributed by atoms with van der Waals surface area (Å²) in [7, 11) is 1.23. The number of carbonyl (C=O) groups excluding carboxylic acids is 2. The van der Waals surface area contributed by atoms with Crippen LogP contribution in [0, 0.1) is 11.8 Å². The van der Waals surface area contributed by atoms with Crippen LogP contribution in [0.5, 0.6) is 0 Å². The van der Waals surface area contributed by atoms with Gasteiger partial charge in [0, 0.05) is 0 Å². The van der Waals surface area contributed by atoms with E-state index in [4.69, 9.17) is 11.6 Å². The van der Waals surface area contributed by atoms with Crippen LogP contribution in [0.3, 0.4) is 0 Å². The van der Waals surface area contributed by atoms with Gasteiger partial charge < -0.3 is 4.74 Å². The van der Waals surface area contributed by atoms with Crippen LogP contribution >= 0.6 is 11.6 Å². The van der Waals surface area contributed by atoms with Crippen molar-refractivity contribution in [2.45, 2.75) is 13.8 Å². The summed E-state index contributed by atoms with van der Waals surface area (Å²) in [4.78, 5) is 21.5. The largest absolute Gasteiger partial charge is 0.468 e. The fourth-order valence-corrected chi connectivity index (χ4v) is 1.09. The molecule has 0 saturated heterocycles. The van der Waals surface area contributed by atoms with Crippen LogP contribution in [-0.2, 0) is 14.3 Å². The lowest BCUT2D eigenvalue weighted by Crippen LogP contribution is -2.26. The molecule has 3 nitrogen and oxygen atoms in total. The van der Waals surface area contributed by atoms with Crippen molar-refractivity contribution in [2.24, 2.45) is 11.8 Å². The molecular formula is C7H11ClO3. The molecule has 0 rings (SSSR count). The second kappa shape index (κ2) is 4.34.